The van der Waals surface area contributed by atoms with Crippen LogP contribution in [0.5, 0.6) is 0 Å². The molecule has 112 valence electrons. The number of nitrogens with zero attached hydrogens (tertiary/aromatic N) is 2. The van der Waals surface area contributed by atoms with Crippen LogP contribution in [0.15, 0.2) is 0 Å². The smallest absolute Gasteiger partial charge is 0.195 e. The van der Waals surface area contributed by atoms with Crippen LogP contribution >= 0.6 is 0 Å². The van der Waals surface area contributed by atoms with Crippen molar-refractivity contribution >= 4 is 10.2 Å². The molecular weight excluding hydrogens is 260 g/mol. The van der Waals surface area contributed by atoms with Gasteiger partial charge in [-0.05, 0) is 57.3 Å². The van der Waals surface area contributed by atoms with Crippen LogP contribution in [0.25, 0.3) is 0 Å². The Morgan fingerprint density at radius 3 is 2.00 bits per heavy atom. The fraction of sp³-hybridized carbons (Fsp3) is 1.00. The molecule has 2 aliphatic rings. The maximum atomic E-state index is 12.6. The fourth-order valence-corrected chi connectivity index (χ4v) is 4.67. The summed E-state index contributed by atoms with van der Waals surface area (Å²) < 4.78 is 28.5. The molecule has 0 aliphatic heterocycles. The predicted molar refractivity (Wildman–Crippen MR) is 78.1 cm³/mol. The first kappa shape index (κ1) is 15.3. The maximum Gasteiger partial charge on any atom is 0.281 e. The summed E-state index contributed by atoms with van der Waals surface area (Å²) in [5, 5.41) is 0. The molecule has 0 heterocycles. The van der Waals surface area contributed by atoms with Gasteiger partial charge in [-0.15, -0.1) is 0 Å². The number of hydrogen-bond donors (Lipinski definition) is 0. The van der Waals surface area contributed by atoms with E-state index in [0.29, 0.717) is 5.92 Å². The second-order valence-electron chi connectivity index (χ2n) is 6.53. The molecule has 0 amide bonds. The van der Waals surface area contributed by atoms with E-state index in [4.69, 9.17) is 0 Å². The highest BCUT2D eigenvalue weighted by molar-refractivity contribution is 7.86. The summed E-state index contributed by atoms with van der Waals surface area (Å²) in [6.07, 6.45) is 6.64. The van der Waals surface area contributed by atoms with E-state index in [0.717, 1.165) is 31.6 Å². The Bertz CT molecular complexity index is 398. The minimum absolute atomic E-state index is 0.134. The van der Waals surface area contributed by atoms with Crippen molar-refractivity contribution in [3.05, 3.63) is 0 Å². The van der Waals surface area contributed by atoms with Crippen LogP contribution in [0.3, 0.4) is 0 Å². The Labute approximate surface area is 118 Å². The monoisotopic (exact) mass is 288 g/mol. The highest BCUT2D eigenvalue weighted by Crippen LogP contribution is 2.36. The van der Waals surface area contributed by atoms with Crippen LogP contribution in [0.2, 0.25) is 0 Å². The SMILES string of the molecule is CC1CCC(N(C)S(=O)(=O)N(C)C(C)C2CC2)CC1. The van der Waals surface area contributed by atoms with E-state index in [1.807, 2.05) is 6.92 Å². The van der Waals surface area contributed by atoms with E-state index in [1.54, 1.807) is 22.7 Å². The van der Waals surface area contributed by atoms with Gasteiger partial charge >= 0.3 is 0 Å². The van der Waals surface area contributed by atoms with Crippen molar-refractivity contribution in [3.63, 3.8) is 0 Å². The molecule has 0 radical (unpaired) electrons. The van der Waals surface area contributed by atoms with Crippen molar-refractivity contribution in [1.29, 1.82) is 0 Å². The Morgan fingerprint density at radius 2 is 1.53 bits per heavy atom. The first-order valence-electron chi connectivity index (χ1n) is 7.55. The summed E-state index contributed by atoms with van der Waals surface area (Å²) in [5.41, 5.74) is 0. The van der Waals surface area contributed by atoms with Crippen LogP contribution in [-0.2, 0) is 10.2 Å². The second-order valence-corrected chi connectivity index (χ2v) is 8.58. The molecule has 2 rings (SSSR count). The summed E-state index contributed by atoms with van der Waals surface area (Å²) in [6.45, 7) is 4.29. The molecule has 0 saturated heterocycles. The average Bonchev–Trinajstić information content (AvgIpc) is 3.21. The van der Waals surface area contributed by atoms with Gasteiger partial charge in [-0.1, -0.05) is 6.92 Å². The third-order valence-electron chi connectivity index (χ3n) is 5.11. The van der Waals surface area contributed by atoms with E-state index in [9.17, 15) is 8.42 Å². The van der Waals surface area contributed by atoms with Crippen molar-refractivity contribution in [2.75, 3.05) is 14.1 Å². The zero-order valence-electron chi connectivity index (χ0n) is 12.7. The molecular formula is C14H28N2O2S. The topological polar surface area (TPSA) is 40.6 Å². The largest absolute Gasteiger partial charge is 0.281 e. The lowest BCUT2D eigenvalue weighted by atomic mass is 9.87. The van der Waals surface area contributed by atoms with Gasteiger partial charge in [0.15, 0.2) is 0 Å². The lowest BCUT2D eigenvalue weighted by Gasteiger charge is -2.36. The fourth-order valence-electron chi connectivity index (χ4n) is 3.08. The Morgan fingerprint density at radius 1 is 1.00 bits per heavy atom. The van der Waals surface area contributed by atoms with Crippen LogP contribution in [0, 0.1) is 11.8 Å². The average molecular weight is 288 g/mol. The lowest BCUT2D eigenvalue weighted by Crippen LogP contribution is -2.49. The van der Waals surface area contributed by atoms with E-state index >= 15 is 0 Å². The molecule has 19 heavy (non-hydrogen) atoms. The molecule has 0 aromatic heterocycles. The molecule has 1 atom stereocenters. The molecule has 2 aliphatic carbocycles. The summed E-state index contributed by atoms with van der Waals surface area (Å²) in [4.78, 5) is 0. The van der Waals surface area contributed by atoms with E-state index < -0.39 is 10.2 Å². The zero-order valence-corrected chi connectivity index (χ0v) is 13.5. The van der Waals surface area contributed by atoms with E-state index in [-0.39, 0.29) is 12.1 Å². The minimum Gasteiger partial charge on any atom is -0.195 e. The van der Waals surface area contributed by atoms with Crippen LogP contribution in [0.4, 0.5) is 0 Å². The van der Waals surface area contributed by atoms with Gasteiger partial charge in [0.2, 0.25) is 0 Å². The maximum absolute atomic E-state index is 12.6. The normalized spacial score (nSPS) is 30.8. The number of rotatable bonds is 5. The molecule has 2 saturated carbocycles. The number of hydrogen-bond acceptors (Lipinski definition) is 2. The van der Waals surface area contributed by atoms with Crippen LogP contribution < -0.4 is 0 Å². The van der Waals surface area contributed by atoms with E-state index in [1.165, 1.54) is 12.8 Å². The molecule has 4 nitrogen and oxygen atoms in total. The van der Waals surface area contributed by atoms with Crippen LogP contribution in [-0.4, -0.2) is 43.2 Å². The molecule has 0 aromatic carbocycles. The Balaban J connectivity index is 2.01. The molecule has 0 aromatic rings. The van der Waals surface area contributed by atoms with Crippen molar-refractivity contribution < 1.29 is 8.42 Å². The van der Waals surface area contributed by atoms with Gasteiger partial charge in [-0.2, -0.15) is 17.0 Å². The Kier molecular flexibility index (Phi) is 4.58. The summed E-state index contributed by atoms with van der Waals surface area (Å²) in [7, 11) is 0.199. The van der Waals surface area contributed by atoms with Gasteiger partial charge in [0.1, 0.15) is 0 Å². The van der Waals surface area contributed by atoms with Gasteiger partial charge in [-0.25, -0.2) is 0 Å². The predicted octanol–water partition coefficient (Wildman–Crippen LogP) is 2.47. The van der Waals surface area contributed by atoms with Gasteiger partial charge in [0, 0.05) is 26.2 Å². The van der Waals surface area contributed by atoms with Gasteiger partial charge < -0.3 is 0 Å². The zero-order chi connectivity index (χ0) is 14.2. The standard InChI is InChI=1S/C14H28N2O2S/c1-11-5-9-14(10-6-11)16(4)19(17,18)15(3)12(2)13-7-8-13/h11-14H,5-10H2,1-4H3. The Hall–Kier alpha value is -0.130. The molecule has 2 fully saturated rings. The summed E-state index contributed by atoms with van der Waals surface area (Å²) >= 11 is 0. The molecule has 5 heteroatoms. The third-order valence-corrected chi connectivity index (χ3v) is 7.19. The molecule has 0 bridgehead atoms. The summed E-state index contributed by atoms with van der Waals surface area (Å²) in [5.74, 6) is 1.31. The minimum atomic E-state index is -3.29. The first-order valence-corrected chi connectivity index (χ1v) is 8.94. The van der Waals surface area contributed by atoms with Gasteiger partial charge in [-0.3, -0.25) is 0 Å². The van der Waals surface area contributed by atoms with Gasteiger partial charge in [0.05, 0.1) is 0 Å². The highest BCUT2D eigenvalue weighted by Gasteiger charge is 2.39. The molecule has 1 unspecified atom stereocenters. The highest BCUT2D eigenvalue weighted by atomic mass is 32.2. The first-order chi connectivity index (χ1) is 8.84. The second kappa shape index (κ2) is 5.70. The third kappa shape index (κ3) is 3.31. The van der Waals surface area contributed by atoms with Crippen molar-refractivity contribution in [3.8, 4) is 0 Å². The molecule has 0 N–H and O–H groups in total. The molecule has 0 spiro atoms. The van der Waals surface area contributed by atoms with Crippen molar-refractivity contribution in [2.45, 2.75) is 64.5 Å². The van der Waals surface area contributed by atoms with E-state index in [2.05, 4.69) is 6.92 Å². The van der Waals surface area contributed by atoms with Crippen molar-refractivity contribution in [2.24, 2.45) is 11.8 Å². The quantitative estimate of drug-likeness (QED) is 0.780. The lowest BCUT2D eigenvalue weighted by molar-refractivity contribution is 0.227. The van der Waals surface area contributed by atoms with Gasteiger partial charge in [0.25, 0.3) is 10.2 Å². The van der Waals surface area contributed by atoms with Crippen LogP contribution in [0.1, 0.15) is 52.4 Å². The summed E-state index contributed by atoms with van der Waals surface area (Å²) in [6, 6.07) is 0.324. The van der Waals surface area contributed by atoms with Crippen molar-refractivity contribution in [1.82, 2.24) is 8.61 Å².